The van der Waals surface area contributed by atoms with Crippen LogP contribution in [0.4, 0.5) is 4.39 Å². The van der Waals surface area contributed by atoms with Gasteiger partial charge in [0.25, 0.3) is 0 Å². The Balaban J connectivity index is 1.44. The summed E-state index contributed by atoms with van der Waals surface area (Å²) in [4.78, 5) is 31.7. The van der Waals surface area contributed by atoms with Crippen molar-refractivity contribution < 1.29 is 9.18 Å². The van der Waals surface area contributed by atoms with Gasteiger partial charge >= 0.3 is 0 Å². The van der Waals surface area contributed by atoms with E-state index >= 15 is 0 Å². The monoisotopic (exact) mass is 448 g/mol. The van der Waals surface area contributed by atoms with Crippen LogP contribution < -0.4 is 0 Å². The van der Waals surface area contributed by atoms with Crippen LogP contribution in [0.2, 0.25) is 0 Å². The summed E-state index contributed by atoms with van der Waals surface area (Å²) < 4.78 is 15.7. The summed E-state index contributed by atoms with van der Waals surface area (Å²) in [6, 6.07) is 6.58. The molecule has 0 aliphatic carbocycles. The third kappa shape index (κ3) is 4.39. The molecule has 172 valence electrons. The summed E-state index contributed by atoms with van der Waals surface area (Å²) in [5.74, 6) is 0.601. The number of aromatic nitrogens is 4. The molecule has 0 bridgehead atoms. The molecule has 3 aromatic rings. The number of imidazole rings is 1. The predicted octanol–water partition coefficient (Wildman–Crippen LogP) is 3.42. The third-order valence-corrected chi connectivity index (χ3v) is 7.09. The number of piperidine rings is 1. The molecule has 2 aliphatic rings. The summed E-state index contributed by atoms with van der Waals surface area (Å²) in [6.07, 6.45) is 12.6. The summed E-state index contributed by atoms with van der Waals surface area (Å²) >= 11 is 0. The van der Waals surface area contributed by atoms with Gasteiger partial charge in [0, 0.05) is 18.9 Å². The first-order valence-electron chi connectivity index (χ1n) is 11.6. The van der Waals surface area contributed by atoms with Gasteiger partial charge in [0.15, 0.2) is 5.82 Å². The van der Waals surface area contributed by atoms with E-state index in [9.17, 15) is 9.18 Å². The number of rotatable bonds is 5. The Morgan fingerprint density at radius 3 is 2.79 bits per heavy atom. The highest BCUT2D eigenvalue weighted by molar-refractivity contribution is 5.84. The maximum atomic E-state index is 14.2. The lowest BCUT2D eigenvalue weighted by Crippen LogP contribution is -2.50. The predicted molar refractivity (Wildman–Crippen MR) is 122 cm³/mol. The van der Waals surface area contributed by atoms with Gasteiger partial charge in [0.05, 0.1) is 29.5 Å². The number of benzene rings is 1. The Hall–Kier alpha value is -3.13. The molecule has 2 aromatic heterocycles. The van der Waals surface area contributed by atoms with E-state index in [1.807, 2.05) is 21.7 Å². The summed E-state index contributed by atoms with van der Waals surface area (Å²) in [5, 5.41) is 0. The molecule has 1 amide bonds. The van der Waals surface area contributed by atoms with Gasteiger partial charge in [0.1, 0.15) is 12.1 Å². The number of nitrogens with zero attached hydrogens (tertiary/aromatic N) is 6. The molecule has 4 heterocycles. The van der Waals surface area contributed by atoms with Crippen LogP contribution in [0, 0.1) is 11.2 Å². The number of hydrogen-bond acceptors (Lipinski definition) is 5. The highest BCUT2D eigenvalue weighted by Crippen LogP contribution is 2.41. The second-order valence-electron chi connectivity index (χ2n) is 9.32. The van der Waals surface area contributed by atoms with Crippen LogP contribution >= 0.6 is 0 Å². The molecule has 7 nitrogen and oxygen atoms in total. The number of hydrogen-bond donors (Lipinski definition) is 0. The van der Waals surface area contributed by atoms with Gasteiger partial charge in [-0.15, -0.1) is 0 Å². The van der Waals surface area contributed by atoms with Crippen LogP contribution in [0.25, 0.3) is 5.82 Å². The Morgan fingerprint density at radius 1 is 1.18 bits per heavy atom. The molecule has 5 rings (SSSR count). The van der Waals surface area contributed by atoms with Crippen molar-refractivity contribution in [2.75, 3.05) is 26.7 Å². The fraction of sp³-hybridized carbons (Fsp3) is 0.440. The summed E-state index contributed by atoms with van der Waals surface area (Å²) in [5.41, 5.74) is 1.16. The van der Waals surface area contributed by atoms with E-state index in [1.165, 1.54) is 6.07 Å². The number of carbonyl (C=O) groups excluding carboxylic acids is 1. The van der Waals surface area contributed by atoms with Crippen molar-refractivity contribution in [3.63, 3.8) is 0 Å². The standard InChI is InChI=1S/C25H29FN6O/c1-30-11-7-25(8-12-30,15-19-4-2-5-20(26)14-19)24(33)32-10-3-6-22(32)21-16-28-17-23(29-21)31-13-9-27-18-31/h2,4-5,9,13-14,16-18,22H,3,6-8,10-12,15H2,1H3/t22-/m1/s1. The molecule has 2 saturated heterocycles. The number of amides is 1. The topological polar surface area (TPSA) is 67.2 Å². The maximum Gasteiger partial charge on any atom is 0.229 e. The van der Waals surface area contributed by atoms with E-state index in [0.29, 0.717) is 18.8 Å². The van der Waals surface area contributed by atoms with Crippen LogP contribution in [-0.4, -0.2) is 61.9 Å². The van der Waals surface area contributed by atoms with Gasteiger partial charge < -0.3 is 9.80 Å². The quantitative estimate of drug-likeness (QED) is 0.598. The van der Waals surface area contributed by atoms with Crippen LogP contribution in [0.1, 0.15) is 43.0 Å². The van der Waals surface area contributed by atoms with Crippen LogP contribution in [0.5, 0.6) is 0 Å². The largest absolute Gasteiger partial charge is 0.334 e. The minimum absolute atomic E-state index is 0.0995. The zero-order valence-electron chi connectivity index (χ0n) is 18.9. The van der Waals surface area contributed by atoms with E-state index in [2.05, 4.69) is 21.9 Å². The van der Waals surface area contributed by atoms with E-state index in [4.69, 9.17) is 4.98 Å². The second-order valence-corrected chi connectivity index (χ2v) is 9.32. The number of carbonyl (C=O) groups is 1. The highest BCUT2D eigenvalue weighted by atomic mass is 19.1. The van der Waals surface area contributed by atoms with Gasteiger partial charge in [-0.05, 0) is 69.9 Å². The van der Waals surface area contributed by atoms with E-state index in [-0.39, 0.29) is 17.8 Å². The molecular weight excluding hydrogens is 419 g/mol. The maximum absolute atomic E-state index is 14.2. The fourth-order valence-electron chi connectivity index (χ4n) is 5.22. The van der Waals surface area contributed by atoms with Gasteiger partial charge in [-0.2, -0.15) is 0 Å². The molecule has 8 heteroatoms. The van der Waals surface area contributed by atoms with E-state index in [1.54, 1.807) is 37.1 Å². The summed E-state index contributed by atoms with van der Waals surface area (Å²) in [7, 11) is 2.09. The molecular formula is C25H29FN6O. The smallest absolute Gasteiger partial charge is 0.229 e. The lowest BCUT2D eigenvalue weighted by Gasteiger charge is -2.43. The molecule has 0 spiro atoms. The molecule has 0 saturated carbocycles. The zero-order valence-corrected chi connectivity index (χ0v) is 18.9. The van der Waals surface area contributed by atoms with Gasteiger partial charge in [-0.1, -0.05) is 12.1 Å². The van der Waals surface area contributed by atoms with Crippen LogP contribution in [-0.2, 0) is 11.2 Å². The Labute approximate surface area is 193 Å². The average Bonchev–Trinajstić information content (AvgIpc) is 3.53. The van der Waals surface area contributed by atoms with E-state index in [0.717, 1.165) is 50.0 Å². The molecule has 2 fully saturated rings. The molecule has 0 unspecified atom stereocenters. The molecule has 1 aromatic carbocycles. The Morgan fingerprint density at radius 2 is 2.03 bits per heavy atom. The van der Waals surface area contributed by atoms with Gasteiger partial charge in [-0.25, -0.2) is 14.4 Å². The van der Waals surface area contributed by atoms with E-state index < -0.39 is 5.41 Å². The Bertz CT molecular complexity index is 1110. The third-order valence-electron chi connectivity index (χ3n) is 7.09. The first kappa shape index (κ1) is 21.7. The van der Waals surface area contributed by atoms with Crippen LogP contribution in [0.15, 0.2) is 55.4 Å². The van der Waals surface area contributed by atoms with Crippen molar-refractivity contribution in [2.24, 2.45) is 5.41 Å². The lowest BCUT2D eigenvalue weighted by molar-refractivity contribution is -0.146. The molecule has 0 N–H and O–H groups in total. The number of likely N-dealkylation sites (tertiary alicyclic amines) is 2. The highest BCUT2D eigenvalue weighted by Gasteiger charge is 2.46. The lowest BCUT2D eigenvalue weighted by atomic mass is 9.72. The van der Waals surface area contributed by atoms with Gasteiger partial charge in [-0.3, -0.25) is 14.3 Å². The van der Waals surface area contributed by atoms with Crippen molar-refractivity contribution in [1.29, 1.82) is 0 Å². The van der Waals surface area contributed by atoms with Crippen molar-refractivity contribution in [1.82, 2.24) is 29.3 Å². The molecule has 1 atom stereocenters. The van der Waals surface area contributed by atoms with Crippen molar-refractivity contribution >= 4 is 5.91 Å². The number of halogens is 1. The van der Waals surface area contributed by atoms with Crippen molar-refractivity contribution in [2.45, 2.75) is 38.1 Å². The van der Waals surface area contributed by atoms with Crippen molar-refractivity contribution in [3.05, 3.63) is 72.5 Å². The normalized spacial score (nSPS) is 20.8. The van der Waals surface area contributed by atoms with Gasteiger partial charge in [0.2, 0.25) is 5.91 Å². The van der Waals surface area contributed by atoms with Crippen LogP contribution in [0.3, 0.4) is 0 Å². The zero-order chi connectivity index (χ0) is 22.8. The second kappa shape index (κ2) is 9.02. The van der Waals surface area contributed by atoms with Crippen molar-refractivity contribution in [3.8, 4) is 5.82 Å². The molecule has 0 radical (unpaired) electrons. The first-order valence-corrected chi connectivity index (χ1v) is 11.6. The molecule has 2 aliphatic heterocycles. The SMILES string of the molecule is CN1CCC(Cc2cccc(F)c2)(C(=O)N2CCC[C@@H]2c2cncc(-n3ccnc3)n2)CC1. The first-order chi connectivity index (χ1) is 16.0. The minimum atomic E-state index is -0.529. The minimum Gasteiger partial charge on any atom is -0.334 e. The summed E-state index contributed by atoms with van der Waals surface area (Å²) in [6.45, 7) is 2.42. The average molecular weight is 449 g/mol. The fourth-order valence-corrected chi connectivity index (χ4v) is 5.22. The molecule has 33 heavy (non-hydrogen) atoms. The Kier molecular flexibility index (Phi) is 5.93.